The Kier molecular flexibility index (Phi) is 4.80. The number of alkyl halides is 2. The first-order chi connectivity index (χ1) is 12.0. The molecular formula is C17H12F3N3OS. The number of carbonyl (C=O) groups excluding carboxylic acids is 1. The predicted molar refractivity (Wildman–Crippen MR) is 91.4 cm³/mol. The van der Waals surface area contributed by atoms with Gasteiger partial charge >= 0.3 is 0 Å². The van der Waals surface area contributed by atoms with Crippen molar-refractivity contribution in [1.29, 1.82) is 0 Å². The lowest BCUT2D eigenvalue weighted by atomic mass is 10.0. The van der Waals surface area contributed by atoms with Crippen molar-refractivity contribution < 1.29 is 18.0 Å². The summed E-state index contributed by atoms with van der Waals surface area (Å²) < 4.78 is 40.3. The van der Waals surface area contributed by atoms with E-state index in [1.165, 1.54) is 12.1 Å². The van der Waals surface area contributed by atoms with Crippen LogP contribution in [0.1, 0.15) is 22.5 Å². The summed E-state index contributed by atoms with van der Waals surface area (Å²) in [6.07, 6.45) is -1.81. The third kappa shape index (κ3) is 3.69. The number of carbonyl (C=O) groups is 1. The molecule has 4 nitrogen and oxygen atoms in total. The molecule has 1 amide bonds. The summed E-state index contributed by atoms with van der Waals surface area (Å²) >= 11 is 3.83. The van der Waals surface area contributed by atoms with Crippen molar-refractivity contribution in [1.82, 2.24) is 9.19 Å². The Morgan fingerprint density at radius 1 is 1.16 bits per heavy atom. The van der Waals surface area contributed by atoms with E-state index in [1.807, 2.05) is 0 Å². The van der Waals surface area contributed by atoms with Crippen molar-refractivity contribution in [2.24, 2.45) is 0 Å². The van der Waals surface area contributed by atoms with Crippen LogP contribution in [0.3, 0.4) is 0 Å². The zero-order valence-corrected chi connectivity index (χ0v) is 13.6. The largest absolute Gasteiger partial charge is 0.321 e. The molecule has 8 heteroatoms. The van der Waals surface area contributed by atoms with Crippen molar-refractivity contribution in [3.63, 3.8) is 0 Å². The molecule has 0 spiro atoms. The maximum absolute atomic E-state index is 13.5. The smallest absolute Gasteiger partial charge is 0.283 e. The monoisotopic (exact) mass is 363 g/mol. The fourth-order valence-corrected chi connectivity index (χ4v) is 2.61. The second-order valence-corrected chi connectivity index (χ2v) is 5.57. The molecule has 0 aliphatic carbocycles. The summed E-state index contributed by atoms with van der Waals surface area (Å²) in [5.41, 5.74) is 0.544. The van der Waals surface area contributed by atoms with Crippen LogP contribution in [0.4, 0.5) is 18.9 Å². The molecular weight excluding hydrogens is 351 g/mol. The lowest BCUT2D eigenvalue weighted by Crippen LogP contribution is -2.14. The van der Waals surface area contributed by atoms with Gasteiger partial charge in [-0.15, -0.1) is 0 Å². The first-order valence-corrected chi connectivity index (χ1v) is 7.59. The number of thiol groups is 1. The lowest BCUT2D eigenvalue weighted by molar-refractivity contribution is 0.101. The molecule has 0 unspecified atom stereocenters. The van der Waals surface area contributed by atoms with Crippen LogP contribution in [-0.4, -0.2) is 15.1 Å². The molecule has 0 saturated heterocycles. The number of rotatable bonds is 4. The fourth-order valence-electron chi connectivity index (χ4n) is 2.40. The molecule has 1 heterocycles. The predicted octanol–water partition coefficient (Wildman–Crippen LogP) is 4.57. The van der Waals surface area contributed by atoms with Crippen LogP contribution in [0.5, 0.6) is 0 Å². The van der Waals surface area contributed by atoms with Gasteiger partial charge in [0.1, 0.15) is 11.5 Å². The van der Waals surface area contributed by atoms with Gasteiger partial charge in [0, 0.05) is 11.3 Å². The summed E-state index contributed by atoms with van der Waals surface area (Å²) in [6, 6.07) is 12.6. The van der Waals surface area contributed by atoms with E-state index in [2.05, 4.69) is 23.2 Å². The van der Waals surface area contributed by atoms with Gasteiger partial charge in [-0.05, 0) is 36.6 Å². The highest BCUT2D eigenvalue weighted by atomic mass is 32.1. The molecule has 0 atom stereocenters. The van der Waals surface area contributed by atoms with E-state index in [0.717, 1.165) is 10.3 Å². The molecule has 1 N–H and O–H groups in total. The van der Waals surface area contributed by atoms with Crippen LogP contribution in [0.15, 0.2) is 54.7 Å². The highest BCUT2D eigenvalue weighted by Gasteiger charge is 2.23. The Morgan fingerprint density at radius 3 is 2.64 bits per heavy atom. The zero-order chi connectivity index (χ0) is 18.0. The van der Waals surface area contributed by atoms with Gasteiger partial charge in [0.2, 0.25) is 0 Å². The molecule has 128 valence electrons. The van der Waals surface area contributed by atoms with Crippen LogP contribution < -0.4 is 5.32 Å². The Labute approximate surface area is 146 Å². The van der Waals surface area contributed by atoms with Crippen LogP contribution in [0.25, 0.3) is 11.1 Å². The quantitative estimate of drug-likeness (QED) is 0.667. The molecule has 0 bridgehead atoms. The number of nitrogens with one attached hydrogen (secondary N) is 1. The normalized spacial score (nSPS) is 10.9. The van der Waals surface area contributed by atoms with E-state index in [4.69, 9.17) is 0 Å². The molecule has 0 fully saturated rings. The van der Waals surface area contributed by atoms with Crippen molar-refractivity contribution in [3.05, 3.63) is 71.8 Å². The van der Waals surface area contributed by atoms with E-state index >= 15 is 0 Å². The van der Waals surface area contributed by atoms with E-state index < -0.39 is 23.8 Å². The maximum Gasteiger partial charge on any atom is 0.283 e. The molecule has 0 saturated carbocycles. The van der Waals surface area contributed by atoms with Crippen LogP contribution in [0, 0.1) is 5.82 Å². The van der Waals surface area contributed by atoms with Crippen LogP contribution in [0.2, 0.25) is 0 Å². The topological polar surface area (TPSA) is 46.9 Å². The number of halogens is 3. The average Bonchev–Trinajstić information content (AvgIpc) is 2.98. The minimum absolute atomic E-state index is 0.279. The van der Waals surface area contributed by atoms with Crippen molar-refractivity contribution in [3.8, 4) is 11.1 Å². The van der Waals surface area contributed by atoms with E-state index in [1.54, 1.807) is 36.4 Å². The standard InChI is InChI=1S/C17H12F3N3OS/c18-11-5-3-4-10(8-11)12-6-1-2-7-14(12)21-17(24)13-9-23(25)22-15(13)16(19)20/h1-9,16,25H,(H,21,24). The van der Waals surface area contributed by atoms with Crippen molar-refractivity contribution >= 4 is 24.4 Å². The number of hydrogen-bond acceptors (Lipinski definition) is 3. The Hall–Kier alpha value is -2.74. The van der Waals surface area contributed by atoms with E-state index in [0.29, 0.717) is 16.8 Å². The van der Waals surface area contributed by atoms with Gasteiger partial charge in [0.15, 0.2) is 0 Å². The molecule has 0 aliphatic rings. The van der Waals surface area contributed by atoms with Gasteiger partial charge in [-0.25, -0.2) is 17.3 Å². The molecule has 3 aromatic rings. The molecule has 1 aromatic heterocycles. The summed E-state index contributed by atoms with van der Waals surface area (Å²) in [7, 11) is 0. The third-order valence-corrected chi connectivity index (χ3v) is 3.70. The zero-order valence-electron chi connectivity index (χ0n) is 12.7. The lowest BCUT2D eigenvalue weighted by Gasteiger charge is -2.11. The van der Waals surface area contributed by atoms with Crippen LogP contribution in [-0.2, 0) is 0 Å². The average molecular weight is 363 g/mol. The van der Waals surface area contributed by atoms with Crippen molar-refractivity contribution in [2.75, 3.05) is 5.32 Å². The van der Waals surface area contributed by atoms with Gasteiger partial charge in [-0.2, -0.15) is 5.10 Å². The first-order valence-electron chi connectivity index (χ1n) is 7.19. The highest BCUT2D eigenvalue weighted by Crippen LogP contribution is 2.29. The first kappa shape index (κ1) is 17.1. The Morgan fingerprint density at radius 2 is 1.92 bits per heavy atom. The van der Waals surface area contributed by atoms with Gasteiger partial charge in [-0.1, -0.05) is 30.3 Å². The Bertz CT molecular complexity index is 927. The number of anilines is 1. The molecule has 3 rings (SSSR count). The molecule has 0 aliphatic heterocycles. The van der Waals surface area contributed by atoms with Gasteiger partial charge in [0.25, 0.3) is 12.3 Å². The maximum atomic E-state index is 13.5. The number of hydrogen-bond donors (Lipinski definition) is 2. The number of para-hydroxylation sites is 1. The van der Waals surface area contributed by atoms with Gasteiger partial charge in [0.05, 0.1) is 11.8 Å². The van der Waals surface area contributed by atoms with Crippen LogP contribution >= 0.6 is 12.8 Å². The summed E-state index contributed by atoms with van der Waals surface area (Å²) in [5, 5.41) is 6.06. The third-order valence-electron chi connectivity index (χ3n) is 3.49. The highest BCUT2D eigenvalue weighted by molar-refractivity contribution is 7.78. The second-order valence-electron chi connectivity index (χ2n) is 5.16. The van der Waals surface area contributed by atoms with E-state index in [-0.39, 0.29) is 5.56 Å². The fraction of sp³-hybridized carbons (Fsp3) is 0.0588. The van der Waals surface area contributed by atoms with Gasteiger partial charge < -0.3 is 5.32 Å². The SMILES string of the molecule is O=C(Nc1ccccc1-c1cccc(F)c1)c1cn(S)nc1C(F)F. The molecule has 25 heavy (non-hydrogen) atoms. The molecule has 0 radical (unpaired) electrons. The minimum Gasteiger partial charge on any atom is -0.321 e. The van der Waals surface area contributed by atoms with Gasteiger partial charge in [-0.3, -0.25) is 4.79 Å². The number of nitrogens with zero attached hydrogens (tertiary/aromatic N) is 2. The number of aromatic nitrogens is 2. The summed E-state index contributed by atoms with van der Waals surface area (Å²) in [4.78, 5) is 12.4. The van der Waals surface area contributed by atoms with E-state index in [9.17, 15) is 18.0 Å². The van der Waals surface area contributed by atoms with Crippen molar-refractivity contribution in [2.45, 2.75) is 6.43 Å². The summed E-state index contributed by atoms with van der Waals surface area (Å²) in [5.74, 6) is -1.17. The number of benzene rings is 2. The Balaban J connectivity index is 1.95. The molecule has 2 aromatic carbocycles. The number of amides is 1. The minimum atomic E-state index is -2.91. The second kappa shape index (κ2) is 7.02. The summed E-state index contributed by atoms with van der Waals surface area (Å²) in [6.45, 7) is 0.